The quantitative estimate of drug-likeness (QED) is 0.793. The van der Waals surface area contributed by atoms with Gasteiger partial charge < -0.3 is 5.32 Å². The summed E-state index contributed by atoms with van der Waals surface area (Å²) in [5, 5.41) is 6.91. The highest BCUT2D eigenvalue weighted by Crippen LogP contribution is 2.32. The molecule has 1 aromatic carbocycles. The lowest BCUT2D eigenvalue weighted by atomic mass is 10.0. The van der Waals surface area contributed by atoms with Gasteiger partial charge in [0.15, 0.2) is 17.5 Å². The summed E-state index contributed by atoms with van der Waals surface area (Å²) < 4.78 is 40.5. The van der Waals surface area contributed by atoms with E-state index in [0.29, 0.717) is 12.1 Å². The molecule has 1 unspecified atom stereocenters. The minimum absolute atomic E-state index is 0.359. The average Bonchev–Trinajstić information content (AvgIpc) is 2.78. The van der Waals surface area contributed by atoms with Gasteiger partial charge in [-0.25, -0.2) is 13.2 Å². The molecule has 1 aromatic heterocycles. The van der Waals surface area contributed by atoms with Gasteiger partial charge in [0.1, 0.15) is 0 Å². The molecule has 2 aromatic rings. The van der Waals surface area contributed by atoms with E-state index in [-0.39, 0.29) is 6.04 Å². The standard InChI is InChI=1S/C13H11BrF3NS/c1-2-18-13(8-5-19-6-9(8)14)7-3-10(15)12(17)11(16)4-7/h3-6,13,18H,2H2,1H3. The van der Waals surface area contributed by atoms with Crippen LogP contribution in [0.2, 0.25) is 0 Å². The molecule has 1 atom stereocenters. The van der Waals surface area contributed by atoms with E-state index in [9.17, 15) is 13.2 Å². The summed E-state index contributed by atoms with van der Waals surface area (Å²) in [5.41, 5.74) is 1.23. The average molecular weight is 350 g/mol. The molecule has 19 heavy (non-hydrogen) atoms. The fourth-order valence-corrected chi connectivity index (χ4v) is 3.40. The molecule has 0 fully saturated rings. The van der Waals surface area contributed by atoms with Crippen LogP contribution >= 0.6 is 27.3 Å². The van der Waals surface area contributed by atoms with Crippen molar-refractivity contribution < 1.29 is 13.2 Å². The molecular formula is C13H11BrF3NS. The van der Waals surface area contributed by atoms with Gasteiger partial charge in [0.2, 0.25) is 0 Å². The van der Waals surface area contributed by atoms with E-state index in [1.54, 1.807) is 0 Å². The molecule has 0 aliphatic carbocycles. The van der Waals surface area contributed by atoms with Gasteiger partial charge in [-0.15, -0.1) is 0 Å². The molecule has 0 spiro atoms. The first-order valence-corrected chi connectivity index (χ1v) is 7.37. The number of rotatable bonds is 4. The first-order chi connectivity index (χ1) is 9.04. The second kappa shape index (κ2) is 6.07. The van der Waals surface area contributed by atoms with E-state index in [4.69, 9.17) is 0 Å². The predicted octanol–water partition coefficient (Wildman–Crippen LogP) is 4.63. The van der Waals surface area contributed by atoms with Crippen LogP contribution in [0.3, 0.4) is 0 Å². The number of hydrogen-bond donors (Lipinski definition) is 1. The van der Waals surface area contributed by atoms with Crippen LogP contribution in [0, 0.1) is 17.5 Å². The Morgan fingerprint density at radius 1 is 1.21 bits per heavy atom. The highest BCUT2D eigenvalue weighted by Gasteiger charge is 2.20. The molecular weight excluding hydrogens is 339 g/mol. The smallest absolute Gasteiger partial charge is 0.194 e. The van der Waals surface area contributed by atoms with Gasteiger partial charge in [0.05, 0.1) is 6.04 Å². The van der Waals surface area contributed by atoms with Gasteiger partial charge >= 0.3 is 0 Å². The van der Waals surface area contributed by atoms with Crippen molar-refractivity contribution in [3.8, 4) is 0 Å². The molecule has 0 saturated heterocycles. The van der Waals surface area contributed by atoms with Crippen LogP contribution in [0.5, 0.6) is 0 Å². The van der Waals surface area contributed by atoms with E-state index in [1.165, 1.54) is 11.3 Å². The van der Waals surface area contributed by atoms with Gasteiger partial charge in [0, 0.05) is 9.85 Å². The molecule has 0 amide bonds. The zero-order chi connectivity index (χ0) is 14.0. The van der Waals surface area contributed by atoms with Crippen LogP contribution in [-0.2, 0) is 0 Å². The number of hydrogen-bond acceptors (Lipinski definition) is 2. The maximum Gasteiger partial charge on any atom is 0.194 e. The third-order valence-electron chi connectivity index (χ3n) is 2.70. The van der Waals surface area contributed by atoms with Gasteiger partial charge in [-0.1, -0.05) is 6.92 Å². The maximum atomic E-state index is 13.3. The summed E-state index contributed by atoms with van der Waals surface area (Å²) in [6, 6.07) is 1.67. The molecule has 0 aliphatic rings. The van der Waals surface area contributed by atoms with E-state index < -0.39 is 17.5 Å². The van der Waals surface area contributed by atoms with E-state index in [0.717, 1.165) is 22.2 Å². The van der Waals surface area contributed by atoms with Gasteiger partial charge in [-0.2, -0.15) is 11.3 Å². The minimum Gasteiger partial charge on any atom is -0.306 e. The fraction of sp³-hybridized carbons (Fsp3) is 0.231. The first-order valence-electron chi connectivity index (χ1n) is 5.64. The number of nitrogens with one attached hydrogen (secondary N) is 1. The van der Waals surface area contributed by atoms with Gasteiger partial charge in [-0.05, 0) is 51.1 Å². The maximum absolute atomic E-state index is 13.3. The number of thiophene rings is 1. The Hall–Kier alpha value is -0.850. The SMILES string of the molecule is CCNC(c1cc(F)c(F)c(F)c1)c1cscc1Br. The van der Waals surface area contributed by atoms with Crippen molar-refractivity contribution in [3.05, 3.63) is 55.9 Å². The van der Waals surface area contributed by atoms with Crippen LogP contribution in [0.4, 0.5) is 13.2 Å². The van der Waals surface area contributed by atoms with E-state index in [2.05, 4.69) is 21.2 Å². The van der Waals surface area contributed by atoms with Crippen LogP contribution < -0.4 is 5.32 Å². The lowest BCUT2D eigenvalue weighted by Gasteiger charge is -2.18. The van der Waals surface area contributed by atoms with Crippen molar-refractivity contribution in [1.29, 1.82) is 0 Å². The summed E-state index contributed by atoms with van der Waals surface area (Å²) in [6.07, 6.45) is 0. The lowest BCUT2D eigenvalue weighted by molar-refractivity contribution is 0.442. The molecule has 102 valence electrons. The number of halogens is 4. The summed E-state index contributed by atoms with van der Waals surface area (Å²) in [6.45, 7) is 2.51. The van der Waals surface area contributed by atoms with Crippen molar-refractivity contribution in [2.24, 2.45) is 0 Å². The molecule has 1 heterocycles. The number of benzene rings is 1. The highest BCUT2D eigenvalue weighted by atomic mass is 79.9. The van der Waals surface area contributed by atoms with Crippen LogP contribution in [0.1, 0.15) is 24.1 Å². The normalized spacial score (nSPS) is 12.7. The molecule has 1 nitrogen and oxygen atoms in total. The fourth-order valence-electron chi connectivity index (χ4n) is 1.85. The van der Waals surface area contributed by atoms with E-state index in [1.807, 2.05) is 17.7 Å². The topological polar surface area (TPSA) is 12.0 Å². The molecule has 0 saturated carbocycles. The minimum atomic E-state index is -1.44. The summed E-state index contributed by atoms with van der Waals surface area (Å²) in [7, 11) is 0. The molecule has 0 radical (unpaired) electrons. The third kappa shape index (κ3) is 3.01. The largest absolute Gasteiger partial charge is 0.306 e. The van der Waals surface area contributed by atoms with Gasteiger partial charge in [0.25, 0.3) is 0 Å². The van der Waals surface area contributed by atoms with Crippen molar-refractivity contribution in [2.45, 2.75) is 13.0 Å². The van der Waals surface area contributed by atoms with Crippen molar-refractivity contribution in [3.63, 3.8) is 0 Å². The summed E-state index contributed by atoms with van der Waals surface area (Å²) in [4.78, 5) is 0. The second-order valence-corrected chi connectivity index (χ2v) is 5.56. The Morgan fingerprint density at radius 2 is 1.84 bits per heavy atom. The Balaban J connectivity index is 2.48. The lowest BCUT2D eigenvalue weighted by Crippen LogP contribution is -2.22. The third-order valence-corrected chi connectivity index (χ3v) is 4.45. The monoisotopic (exact) mass is 349 g/mol. The van der Waals surface area contributed by atoms with Crippen molar-refractivity contribution in [1.82, 2.24) is 5.32 Å². The van der Waals surface area contributed by atoms with Crippen molar-refractivity contribution >= 4 is 27.3 Å². The van der Waals surface area contributed by atoms with Crippen LogP contribution in [-0.4, -0.2) is 6.54 Å². The summed E-state index contributed by atoms with van der Waals surface area (Å²) in [5.74, 6) is -3.79. The Bertz CT molecular complexity index is 562. The van der Waals surface area contributed by atoms with Crippen LogP contribution in [0.25, 0.3) is 0 Å². The zero-order valence-electron chi connectivity index (χ0n) is 10.0. The zero-order valence-corrected chi connectivity index (χ0v) is 12.4. The highest BCUT2D eigenvalue weighted by molar-refractivity contribution is 9.10. The molecule has 0 aliphatic heterocycles. The van der Waals surface area contributed by atoms with Gasteiger partial charge in [-0.3, -0.25) is 0 Å². The Kier molecular flexibility index (Phi) is 4.65. The molecule has 1 N–H and O–H groups in total. The second-order valence-electron chi connectivity index (χ2n) is 3.96. The molecule has 6 heteroatoms. The first kappa shape index (κ1) is 14.6. The van der Waals surface area contributed by atoms with E-state index >= 15 is 0 Å². The Morgan fingerprint density at radius 3 is 2.32 bits per heavy atom. The van der Waals surface area contributed by atoms with Crippen LogP contribution in [0.15, 0.2) is 27.4 Å². The molecule has 0 bridgehead atoms. The Labute approximate surface area is 121 Å². The van der Waals surface area contributed by atoms with Crippen molar-refractivity contribution in [2.75, 3.05) is 6.54 Å². The summed E-state index contributed by atoms with van der Waals surface area (Å²) >= 11 is 4.87. The predicted molar refractivity (Wildman–Crippen MR) is 73.9 cm³/mol. The molecule has 2 rings (SSSR count).